The number of pyridine rings is 1. The highest BCUT2D eigenvalue weighted by molar-refractivity contribution is 7.99. The van der Waals surface area contributed by atoms with Crippen LogP contribution in [0.1, 0.15) is 18.0 Å². The Morgan fingerprint density at radius 2 is 2.04 bits per heavy atom. The van der Waals surface area contributed by atoms with Crippen LogP contribution in [-0.4, -0.2) is 40.5 Å². The minimum atomic E-state index is 0.114. The second-order valence-corrected chi connectivity index (χ2v) is 9.72. The SMILES string of the molecule is CSCC(=O)N1CC2CC(C1)c1ccc(-c3cc4ccccc4s3)c(=O)n1C2. The van der Waals surface area contributed by atoms with Crippen LogP contribution >= 0.6 is 23.1 Å². The van der Waals surface area contributed by atoms with Gasteiger partial charge in [-0.25, -0.2) is 0 Å². The first kappa shape index (κ1) is 18.0. The van der Waals surface area contributed by atoms with Gasteiger partial charge < -0.3 is 9.47 Å². The lowest BCUT2D eigenvalue weighted by atomic mass is 9.83. The molecule has 4 heterocycles. The number of carbonyl (C=O) groups excluding carboxylic acids is 1. The van der Waals surface area contributed by atoms with E-state index in [4.69, 9.17) is 0 Å². The molecule has 2 aliphatic heterocycles. The molecule has 28 heavy (non-hydrogen) atoms. The predicted octanol–water partition coefficient (Wildman–Crippen LogP) is 4.04. The molecule has 1 saturated heterocycles. The zero-order valence-electron chi connectivity index (χ0n) is 15.8. The van der Waals surface area contributed by atoms with Crippen LogP contribution in [0.25, 0.3) is 20.5 Å². The van der Waals surface area contributed by atoms with E-state index in [2.05, 4.69) is 24.3 Å². The molecule has 0 aliphatic carbocycles. The van der Waals surface area contributed by atoms with Crippen molar-refractivity contribution in [1.29, 1.82) is 0 Å². The molecule has 1 aromatic carbocycles. The van der Waals surface area contributed by atoms with Crippen LogP contribution in [0, 0.1) is 5.92 Å². The number of piperidine rings is 1. The molecule has 144 valence electrons. The van der Waals surface area contributed by atoms with Gasteiger partial charge in [0.1, 0.15) is 0 Å². The van der Waals surface area contributed by atoms with Crippen LogP contribution in [0.2, 0.25) is 0 Å². The quantitative estimate of drug-likeness (QED) is 0.654. The van der Waals surface area contributed by atoms with Crippen molar-refractivity contribution in [3.05, 3.63) is 58.5 Å². The van der Waals surface area contributed by atoms with Gasteiger partial charge in [-0.1, -0.05) is 18.2 Å². The Labute approximate surface area is 172 Å². The predicted molar refractivity (Wildman–Crippen MR) is 117 cm³/mol. The molecule has 3 aromatic rings. The highest BCUT2D eigenvalue weighted by Gasteiger charge is 2.36. The van der Waals surface area contributed by atoms with Gasteiger partial charge in [-0.15, -0.1) is 11.3 Å². The van der Waals surface area contributed by atoms with Crippen molar-refractivity contribution in [2.45, 2.75) is 18.9 Å². The van der Waals surface area contributed by atoms with Crippen LogP contribution < -0.4 is 5.56 Å². The van der Waals surface area contributed by atoms with E-state index < -0.39 is 0 Å². The van der Waals surface area contributed by atoms with Crippen LogP contribution in [0.4, 0.5) is 0 Å². The molecule has 2 aliphatic rings. The number of aromatic nitrogens is 1. The van der Waals surface area contributed by atoms with Gasteiger partial charge in [0.15, 0.2) is 0 Å². The van der Waals surface area contributed by atoms with Gasteiger partial charge in [0.25, 0.3) is 5.56 Å². The number of thioether (sulfide) groups is 1. The third-order valence-electron chi connectivity index (χ3n) is 5.92. The smallest absolute Gasteiger partial charge is 0.259 e. The van der Waals surface area contributed by atoms with E-state index in [0.29, 0.717) is 18.2 Å². The summed E-state index contributed by atoms with van der Waals surface area (Å²) in [6, 6.07) is 14.5. The monoisotopic (exact) mass is 410 g/mol. The molecule has 5 rings (SSSR count). The average Bonchev–Trinajstić information content (AvgIpc) is 3.12. The van der Waals surface area contributed by atoms with Crippen LogP contribution in [0.15, 0.2) is 47.3 Å². The minimum Gasteiger partial charge on any atom is -0.341 e. The van der Waals surface area contributed by atoms with E-state index >= 15 is 0 Å². The summed E-state index contributed by atoms with van der Waals surface area (Å²) in [6.45, 7) is 2.22. The molecule has 2 bridgehead atoms. The lowest BCUT2D eigenvalue weighted by Gasteiger charge is -2.42. The Balaban J connectivity index is 1.51. The molecular weight excluding hydrogens is 388 g/mol. The number of fused-ring (bicyclic) bond motifs is 5. The topological polar surface area (TPSA) is 42.3 Å². The minimum absolute atomic E-state index is 0.114. The summed E-state index contributed by atoms with van der Waals surface area (Å²) in [5.74, 6) is 1.40. The van der Waals surface area contributed by atoms with E-state index in [1.165, 1.54) is 10.1 Å². The standard InChI is InChI=1S/C22H22N2O2S2/c1-27-13-21(25)23-10-14-8-16(12-23)18-7-6-17(22(26)24(18)11-14)20-9-15-4-2-3-5-19(15)28-20/h2-7,9,14,16H,8,10-13H2,1H3. The summed E-state index contributed by atoms with van der Waals surface area (Å²) in [5.41, 5.74) is 2.00. The summed E-state index contributed by atoms with van der Waals surface area (Å²) in [6.07, 6.45) is 3.04. The molecule has 1 amide bonds. The van der Waals surface area contributed by atoms with Crippen LogP contribution in [0.5, 0.6) is 0 Å². The summed E-state index contributed by atoms with van der Waals surface area (Å²) in [7, 11) is 0. The molecule has 0 saturated carbocycles. The first-order chi connectivity index (χ1) is 13.6. The highest BCUT2D eigenvalue weighted by Crippen LogP contribution is 2.37. The fourth-order valence-electron chi connectivity index (χ4n) is 4.67. The molecule has 0 radical (unpaired) electrons. The molecular formula is C22H22N2O2S2. The van der Waals surface area contributed by atoms with Gasteiger partial charge in [-0.2, -0.15) is 11.8 Å². The molecule has 2 aromatic heterocycles. The number of thiophene rings is 1. The van der Waals surface area contributed by atoms with E-state index in [1.807, 2.05) is 33.9 Å². The van der Waals surface area contributed by atoms with Crippen molar-refractivity contribution >= 4 is 39.1 Å². The normalized spacial score (nSPS) is 21.0. The molecule has 0 spiro atoms. The van der Waals surface area contributed by atoms with E-state index in [9.17, 15) is 9.59 Å². The second-order valence-electron chi connectivity index (χ2n) is 7.77. The van der Waals surface area contributed by atoms with Crippen molar-refractivity contribution in [2.24, 2.45) is 5.92 Å². The Kier molecular flexibility index (Phi) is 4.56. The maximum absolute atomic E-state index is 13.3. The fraction of sp³-hybridized carbons (Fsp3) is 0.364. The lowest BCUT2D eigenvalue weighted by Crippen LogP contribution is -2.49. The number of benzene rings is 1. The Bertz CT molecular complexity index is 1080. The van der Waals surface area contributed by atoms with E-state index in [-0.39, 0.29) is 17.4 Å². The zero-order chi connectivity index (χ0) is 19.3. The van der Waals surface area contributed by atoms with Crippen molar-refractivity contribution in [3.63, 3.8) is 0 Å². The first-order valence-corrected chi connectivity index (χ1v) is 11.8. The molecule has 6 heteroatoms. The summed E-state index contributed by atoms with van der Waals surface area (Å²) in [5, 5.41) is 1.18. The summed E-state index contributed by atoms with van der Waals surface area (Å²) < 4.78 is 3.19. The number of carbonyl (C=O) groups is 1. The Morgan fingerprint density at radius 3 is 2.86 bits per heavy atom. The van der Waals surface area contributed by atoms with Crippen molar-refractivity contribution in [2.75, 3.05) is 25.1 Å². The Morgan fingerprint density at radius 1 is 1.18 bits per heavy atom. The zero-order valence-corrected chi connectivity index (χ0v) is 17.4. The van der Waals surface area contributed by atoms with Gasteiger partial charge in [-0.3, -0.25) is 9.59 Å². The van der Waals surface area contributed by atoms with Crippen LogP contribution in [0.3, 0.4) is 0 Å². The molecule has 1 fully saturated rings. The van der Waals surface area contributed by atoms with Gasteiger partial charge >= 0.3 is 0 Å². The fourth-order valence-corrected chi connectivity index (χ4v) is 6.18. The Hall–Kier alpha value is -2.05. The van der Waals surface area contributed by atoms with E-state index in [1.54, 1.807) is 23.1 Å². The third-order valence-corrected chi connectivity index (χ3v) is 7.60. The summed E-state index contributed by atoms with van der Waals surface area (Å²) >= 11 is 3.25. The number of amides is 1. The number of hydrogen-bond donors (Lipinski definition) is 0. The maximum atomic E-state index is 13.3. The molecule has 0 N–H and O–H groups in total. The maximum Gasteiger partial charge on any atom is 0.259 e. The number of nitrogens with zero attached hydrogens (tertiary/aromatic N) is 2. The van der Waals surface area contributed by atoms with Crippen LogP contribution in [-0.2, 0) is 11.3 Å². The summed E-state index contributed by atoms with van der Waals surface area (Å²) in [4.78, 5) is 28.7. The van der Waals surface area contributed by atoms with Crippen molar-refractivity contribution in [3.8, 4) is 10.4 Å². The second kappa shape index (κ2) is 7.08. The first-order valence-electron chi connectivity index (χ1n) is 9.63. The van der Waals surface area contributed by atoms with Gasteiger partial charge in [0.2, 0.25) is 5.91 Å². The van der Waals surface area contributed by atoms with Crippen molar-refractivity contribution in [1.82, 2.24) is 9.47 Å². The number of rotatable bonds is 3. The van der Waals surface area contributed by atoms with Gasteiger partial charge in [0.05, 0.1) is 11.3 Å². The highest BCUT2D eigenvalue weighted by atomic mass is 32.2. The van der Waals surface area contributed by atoms with Gasteiger partial charge in [0, 0.05) is 40.8 Å². The van der Waals surface area contributed by atoms with Gasteiger partial charge in [-0.05, 0) is 48.2 Å². The lowest BCUT2D eigenvalue weighted by molar-refractivity contribution is -0.131. The molecule has 4 nitrogen and oxygen atoms in total. The number of likely N-dealkylation sites (tertiary alicyclic amines) is 1. The van der Waals surface area contributed by atoms with Crippen molar-refractivity contribution < 1.29 is 4.79 Å². The average molecular weight is 411 g/mol. The molecule has 2 atom stereocenters. The largest absolute Gasteiger partial charge is 0.341 e. The number of hydrogen-bond acceptors (Lipinski definition) is 4. The van der Waals surface area contributed by atoms with E-state index in [0.717, 1.165) is 35.6 Å². The molecule has 2 unspecified atom stereocenters. The third kappa shape index (κ3) is 2.99.